The first-order valence-corrected chi connectivity index (χ1v) is 8.05. The molecule has 2 aromatic rings. The van der Waals surface area contributed by atoms with E-state index in [0.29, 0.717) is 24.1 Å². The first kappa shape index (κ1) is 17.8. The maximum Gasteiger partial charge on any atom is 0.239 e. The average Bonchev–Trinajstić information content (AvgIpc) is 2.62. The highest BCUT2D eigenvalue weighted by Gasteiger charge is 2.03. The van der Waals surface area contributed by atoms with E-state index in [2.05, 4.69) is 20.9 Å². The Morgan fingerprint density at radius 2 is 1.54 bits per heavy atom. The van der Waals surface area contributed by atoms with Crippen molar-refractivity contribution < 1.29 is 4.79 Å². The lowest BCUT2D eigenvalue weighted by molar-refractivity contribution is -0.120. The lowest BCUT2D eigenvalue weighted by Crippen LogP contribution is -2.42. The number of rotatable bonds is 6. The topological polar surface area (TPSA) is 65.5 Å². The number of carbonyl (C=O) groups is 1. The first-order valence-electron chi connectivity index (χ1n) is 7.67. The third-order valence-electron chi connectivity index (χ3n) is 3.35. The van der Waals surface area contributed by atoms with Gasteiger partial charge in [0.2, 0.25) is 5.91 Å². The number of nitrogens with zero attached hydrogens (tertiary/aromatic N) is 1. The van der Waals surface area contributed by atoms with E-state index in [1.165, 1.54) is 0 Å². The summed E-state index contributed by atoms with van der Waals surface area (Å²) in [5, 5.41) is 9.70. The molecule has 2 rings (SSSR count). The van der Waals surface area contributed by atoms with Crippen LogP contribution in [0.5, 0.6) is 0 Å². The molecule has 6 heteroatoms. The number of carbonyl (C=O) groups excluding carboxylic acids is 1. The van der Waals surface area contributed by atoms with Gasteiger partial charge in [0.25, 0.3) is 0 Å². The predicted octanol–water partition coefficient (Wildman–Crippen LogP) is 2.32. The molecule has 0 saturated heterocycles. The fourth-order valence-electron chi connectivity index (χ4n) is 2.03. The molecule has 0 spiro atoms. The predicted molar refractivity (Wildman–Crippen MR) is 97.9 cm³/mol. The van der Waals surface area contributed by atoms with Gasteiger partial charge in [0.15, 0.2) is 5.96 Å². The molecule has 0 radical (unpaired) electrons. The number of halogens is 1. The molecule has 0 aliphatic rings. The number of amides is 1. The third kappa shape index (κ3) is 6.30. The van der Waals surface area contributed by atoms with Crippen molar-refractivity contribution in [3.05, 3.63) is 70.7 Å². The van der Waals surface area contributed by atoms with Gasteiger partial charge in [0.1, 0.15) is 0 Å². The van der Waals surface area contributed by atoms with Crippen molar-refractivity contribution in [1.29, 1.82) is 0 Å². The van der Waals surface area contributed by atoms with Crippen molar-refractivity contribution in [1.82, 2.24) is 16.0 Å². The Morgan fingerprint density at radius 1 is 0.917 bits per heavy atom. The zero-order valence-corrected chi connectivity index (χ0v) is 14.3. The van der Waals surface area contributed by atoms with E-state index < -0.39 is 0 Å². The van der Waals surface area contributed by atoms with Crippen LogP contribution in [0, 0.1) is 0 Å². The van der Waals surface area contributed by atoms with Crippen LogP contribution in [0.25, 0.3) is 0 Å². The van der Waals surface area contributed by atoms with Gasteiger partial charge in [-0.3, -0.25) is 9.79 Å². The van der Waals surface area contributed by atoms with Gasteiger partial charge in [0.05, 0.1) is 6.54 Å². The molecule has 0 atom stereocenters. The Hall–Kier alpha value is -2.53. The smallest absolute Gasteiger partial charge is 0.239 e. The highest BCUT2D eigenvalue weighted by Crippen LogP contribution is 2.08. The summed E-state index contributed by atoms with van der Waals surface area (Å²) in [5.41, 5.74) is 2.15. The van der Waals surface area contributed by atoms with Crippen molar-refractivity contribution in [2.45, 2.75) is 13.1 Å². The van der Waals surface area contributed by atoms with Gasteiger partial charge in [-0.2, -0.15) is 0 Å². The minimum absolute atomic E-state index is 0.0895. The Bertz CT molecular complexity index is 671. The summed E-state index contributed by atoms with van der Waals surface area (Å²) in [6.45, 7) is 1.27. The van der Waals surface area contributed by atoms with Crippen molar-refractivity contribution in [2.75, 3.05) is 13.6 Å². The molecule has 0 saturated carbocycles. The molecule has 5 nitrogen and oxygen atoms in total. The number of aliphatic imine (C=N–C) groups is 1. The van der Waals surface area contributed by atoms with Crippen molar-refractivity contribution in [3.63, 3.8) is 0 Å². The van der Waals surface area contributed by atoms with Crippen LogP contribution in [0.15, 0.2) is 59.6 Å². The maximum atomic E-state index is 11.9. The van der Waals surface area contributed by atoms with Crippen LogP contribution in [-0.4, -0.2) is 25.5 Å². The fourth-order valence-corrected chi connectivity index (χ4v) is 2.16. The number of hydrogen-bond acceptors (Lipinski definition) is 2. The van der Waals surface area contributed by atoms with Crippen LogP contribution >= 0.6 is 11.6 Å². The van der Waals surface area contributed by atoms with Crippen LogP contribution in [0.2, 0.25) is 5.02 Å². The van der Waals surface area contributed by atoms with Gasteiger partial charge < -0.3 is 16.0 Å². The van der Waals surface area contributed by atoms with E-state index in [4.69, 9.17) is 11.6 Å². The Kier molecular flexibility index (Phi) is 7.11. The average molecular weight is 345 g/mol. The van der Waals surface area contributed by atoms with E-state index in [1.807, 2.05) is 54.6 Å². The first-order chi connectivity index (χ1) is 11.7. The van der Waals surface area contributed by atoms with Gasteiger partial charge in [-0.1, -0.05) is 54.1 Å². The minimum Gasteiger partial charge on any atom is -0.352 e. The number of hydrogen-bond donors (Lipinski definition) is 3. The summed E-state index contributed by atoms with van der Waals surface area (Å²) < 4.78 is 0. The second kappa shape index (κ2) is 9.57. The summed E-state index contributed by atoms with van der Waals surface area (Å²) in [6, 6.07) is 17.3. The largest absolute Gasteiger partial charge is 0.352 e. The molecule has 0 fully saturated rings. The molecule has 0 aromatic heterocycles. The van der Waals surface area contributed by atoms with E-state index in [-0.39, 0.29) is 12.5 Å². The standard InChI is InChI=1S/C18H21ClN4O/c1-20-18(22-12-15-7-9-16(19)10-8-15)23-13-17(24)21-11-14-5-3-2-4-6-14/h2-10H,11-13H2,1H3,(H,21,24)(H2,20,22,23). The Labute approximate surface area is 147 Å². The van der Waals surface area contributed by atoms with E-state index in [1.54, 1.807) is 7.05 Å². The molecule has 3 N–H and O–H groups in total. The van der Waals surface area contributed by atoms with Crippen molar-refractivity contribution in [2.24, 2.45) is 4.99 Å². The molecule has 1 amide bonds. The Balaban J connectivity index is 1.70. The summed E-state index contributed by atoms with van der Waals surface area (Å²) in [5.74, 6) is 0.480. The zero-order valence-electron chi connectivity index (χ0n) is 13.6. The number of benzene rings is 2. The van der Waals surface area contributed by atoms with Gasteiger partial charge in [0, 0.05) is 25.2 Å². The molecular formula is C18H21ClN4O. The maximum absolute atomic E-state index is 11.9. The van der Waals surface area contributed by atoms with E-state index in [9.17, 15) is 4.79 Å². The van der Waals surface area contributed by atoms with E-state index in [0.717, 1.165) is 11.1 Å². The lowest BCUT2D eigenvalue weighted by atomic mass is 10.2. The van der Waals surface area contributed by atoms with Gasteiger partial charge in [-0.05, 0) is 23.3 Å². The monoisotopic (exact) mass is 344 g/mol. The molecule has 24 heavy (non-hydrogen) atoms. The normalized spacial score (nSPS) is 11.0. The highest BCUT2D eigenvalue weighted by molar-refractivity contribution is 6.30. The lowest BCUT2D eigenvalue weighted by Gasteiger charge is -2.12. The van der Waals surface area contributed by atoms with Crippen LogP contribution in [0.3, 0.4) is 0 Å². The number of guanidine groups is 1. The summed E-state index contributed by atoms with van der Waals surface area (Å²) >= 11 is 5.86. The molecule has 126 valence electrons. The van der Waals surface area contributed by atoms with E-state index >= 15 is 0 Å². The van der Waals surface area contributed by atoms with Crippen molar-refractivity contribution in [3.8, 4) is 0 Å². The molecular weight excluding hydrogens is 324 g/mol. The molecule has 2 aromatic carbocycles. The second-order valence-corrected chi connectivity index (χ2v) is 5.60. The zero-order chi connectivity index (χ0) is 17.2. The third-order valence-corrected chi connectivity index (χ3v) is 3.60. The van der Waals surface area contributed by atoms with Gasteiger partial charge >= 0.3 is 0 Å². The SMILES string of the molecule is CN=C(NCC(=O)NCc1ccccc1)NCc1ccc(Cl)cc1. The second-order valence-electron chi connectivity index (χ2n) is 5.17. The van der Waals surface area contributed by atoms with Crippen LogP contribution < -0.4 is 16.0 Å². The summed E-state index contributed by atoms with van der Waals surface area (Å²) in [4.78, 5) is 16.0. The van der Waals surface area contributed by atoms with Gasteiger partial charge in [-0.15, -0.1) is 0 Å². The summed E-state index contributed by atoms with van der Waals surface area (Å²) in [7, 11) is 1.67. The summed E-state index contributed by atoms with van der Waals surface area (Å²) in [6.07, 6.45) is 0. The van der Waals surface area contributed by atoms with Crippen LogP contribution in [0.1, 0.15) is 11.1 Å². The molecule has 0 heterocycles. The van der Waals surface area contributed by atoms with Crippen LogP contribution in [-0.2, 0) is 17.9 Å². The quantitative estimate of drug-likeness (QED) is 0.556. The fraction of sp³-hybridized carbons (Fsp3) is 0.222. The Morgan fingerprint density at radius 3 is 2.21 bits per heavy atom. The highest BCUT2D eigenvalue weighted by atomic mass is 35.5. The molecule has 0 aliphatic carbocycles. The van der Waals surface area contributed by atoms with Gasteiger partial charge in [-0.25, -0.2) is 0 Å². The number of nitrogens with one attached hydrogen (secondary N) is 3. The van der Waals surface area contributed by atoms with Crippen molar-refractivity contribution >= 4 is 23.5 Å². The molecule has 0 unspecified atom stereocenters. The molecule has 0 bridgehead atoms. The van der Waals surface area contributed by atoms with Crippen LogP contribution in [0.4, 0.5) is 0 Å². The minimum atomic E-state index is -0.0895. The molecule has 0 aliphatic heterocycles.